The number of benzene rings is 2. The molecule has 0 aromatic heterocycles. The van der Waals surface area contributed by atoms with Crippen LogP contribution in [0.1, 0.15) is 5.56 Å². The first-order valence-corrected chi connectivity index (χ1v) is 8.88. The Morgan fingerprint density at radius 2 is 1.38 bits per heavy atom. The molecular weight excluding hydrogens is 397 g/mol. The standard InChI is InChI=1S/C18H18Cl3N3O2/c1-11-12(19)5-4-8-15(11)22-16(25)9-24(2)10-17(26)23-18-13(20)6-3-7-14(18)21/h3-8H,9-10H2,1-2H3,(H,22,25)(H,23,26). The van der Waals surface area contributed by atoms with Gasteiger partial charge in [0.1, 0.15) is 0 Å². The Hall–Kier alpha value is -1.79. The molecule has 2 aromatic rings. The van der Waals surface area contributed by atoms with Crippen LogP contribution in [0.4, 0.5) is 11.4 Å². The molecule has 0 heterocycles. The fourth-order valence-corrected chi connectivity index (χ4v) is 2.94. The number of likely N-dealkylation sites (N-methyl/N-ethyl adjacent to an activating group) is 1. The number of nitrogens with one attached hydrogen (secondary N) is 2. The second-order valence-electron chi connectivity index (χ2n) is 5.78. The summed E-state index contributed by atoms with van der Waals surface area (Å²) in [5.41, 5.74) is 1.78. The maximum atomic E-state index is 12.2. The van der Waals surface area contributed by atoms with Crippen molar-refractivity contribution >= 4 is 58.0 Å². The first-order chi connectivity index (χ1) is 12.3. The maximum Gasteiger partial charge on any atom is 0.238 e. The zero-order valence-corrected chi connectivity index (χ0v) is 16.5. The lowest BCUT2D eigenvalue weighted by Gasteiger charge is -2.17. The van der Waals surface area contributed by atoms with Crippen LogP contribution in [-0.4, -0.2) is 36.9 Å². The van der Waals surface area contributed by atoms with Gasteiger partial charge in [0.25, 0.3) is 0 Å². The Morgan fingerprint density at radius 1 is 0.885 bits per heavy atom. The molecule has 138 valence electrons. The zero-order valence-electron chi connectivity index (χ0n) is 14.3. The van der Waals surface area contributed by atoms with E-state index in [1.165, 1.54) is 0 Å². The van der Waals surface area contributed by atoms with Crippen molar-refractivity contribution in [2.24, 2.45) is 0 Å². The van der Waals surface area contributed by atoms with Crippen LogP contribution in [0.15, 0.2) is 36.4 Å². The number of nitrogens with zero attached hydrogens (tertiary/aromatic N) is 1. The van der Waals surface area contributed by atoms with Crippen molar-refractivity contribution in [2.45, 2.75) is 6.92 Å². The zero-order chi connectivity index (χ0) is 19.3. The van der Waals surface area contributed by atoms with Crippen molar-refractivity contribution in [1.29, 1.82) is 0 Å². The summed E-state index contributed by atoms with van der Waals surface area (Å²) in [4.78, 5) is 25.9. The Labute approximate surface area is 167 Å². The van der Waals surface area contributed by atoms with Gasteiger partial charge in [0.05, 0.1) is 28.8 Å². The van der Waals surface area contributed by atoms with E-state index in [4.69, 9.17) is 34.8 Å². The third-order valence-corrected chi connectivity index (χ3v) is 4.64. The van der Waals surface area contributed by atoms with E-state index in [0.717, 1.165) is 5.56 Å². The van der Waals surface area contributed by atoms with E-state index in [0.29, 0.717) is 26.4 Å². The number of halogens is 3. The van der Waals surface area contributed by atoms with Gasteiger partial charge in [-0.25, -0.2) is 0 Å². The van der Waals surface area contributed by atoms with Crippen LogP contribution < -0.4 is 10.6 Å². The van der Waals surface area contributed by atoms with Crippen LogP contribution >= 0.6 is 34.8 Å². The first-order valence-electron chi connectivity index (χ1n) is 7.75. The van der Waals surface area contributed by atoms with Crippen molar-refractivity contribution in [3.05, 3.63) is 57.0 Å². The van der Waals surface area contributed by atoms with Crippen LogP contribution in [0, 0.1) is 6.92 Å². The molecule has 0 saturated carbocycles. The number of hydrogen-bond donors (Lipinski definition) is 2. The highest BCUT2D eigenvalue weighted by Gasteiger charge is 2.14. The molecule has 26 heavy (non-hydrogen) atoms. The van der Waals surface area contributed by atoms with Gasteiger partial charge >= 0.3 is 0 Å². The van der Waals surface area contributed by atoms with Gasteiger partial charge in [0.15, 0.2) is 0 Å². The Kier molecular flexibility index (Phi) is 7.29. The quantitative estimate of drug-likeness (QED) is 0.733. The second-order valence-corrected chi connectivity index (χ2v) is 7.00. The summed E-state index contributed by atoms with van der Waals surface area (Å²) in [6.45, 7) is 1.86. The normalized spacial score (nSPS) is 10.7. The minimum Gasteiger partial charge on any atom is -0.325 e. The SMILES string of the molecule is Cc1c(Cl)cccc1NC(=O)CN(C)CC(=O)Nc1c(Cl)cccc1Cl. The van der Waals surface area contributed by atoms with Gasteiger partial charge in [-0.1, -0.05) is 46.9 Å². The maximum absolute atomic E-state index is 12.2. The molecule has 0 spiro atoms. The summed E-state index contributed by atoms with van der Waals surface area (Å²) in [7, 11) is 1.66. The molecule has 2 N–H and O–H groups in total. The minimum absolute atomic E-state index is 0.00347. The van der Waals surface area contributed by atoms with E-state index in [1.54, 1.807) is 48.3 Å². The average molecular weight is 415 g/mol. The van der Waals surface area contributed by atoms with Gasteiger partial charge in [0, 0.05) is 10.7 Å². The molecule has 2 aromatic carbocycles. The van der Waals surface area contributed by atoms with Gasteiger partial charge in [-0.05, 0) is 43.8 Å². The topological polar surface area (TPSA) is 61.4 Å². The lowest BCUT2D eigenvalue weighted by molar-refractivity contribution is -0.119. The number of carbonyl (C=O) groups is 2. The van der Waals surface area contributed by atoms with Crippen molar-refractivity contribution < 1.29 is 9.59 Å². The van der Waals surface area contributed by atoms with E-state index >= 15 is 0 Å². The van der Waals surface area contributed by atoms with Crippen molar-refractivity contribution in [1.82, 2.24) is 4.90 Å². The highest BCUT2D eigenvalue weighted by Crippen LogP contribution is 2.29. The lowest BCUT2D eigenvalue weighted by atomic mass is 10.2. The van der Waals surface area contributed by atoms with Crippen LogP contribution in [0.5, 0.6) is 0 Å². The molecule has 0 unspecified atom stereocenters. The lowest BCUT2D eigenvalue weighted by Crippen LogP contribution is -2.36. The van der Waals surface area contributed by atoms with Gasteiger partial charge in [-0.3, -0.25) is 14.5 Å². The van der Waals surface area contributed by atoms with Crippen molar-refractivity contribution in [3.63, 3.8) is 0 Å². The van der Waals surface area contributed by atoms with E-state index in [2.05, 4.69) is 10.6 Å². The smallest absolute Gasteiger partial charge is 0.238 e. The highest BCUT2D eigenvalue weighted by molar-refractivity contribution is 6.39. The molecule has 0 bridgehead atoms. The minimum atomic E-state index is -0.325. The molecule has 0 fully saturated rings. The molecule has 2 amide bonds. The summed E-state index contributed by atoms with van der Waals surface area (Å²) < 4.78 is 0. The number of amides is 2. The summed E-state index contributed by atoms with van der Waals surface area (Å²) in [6, 6.07) is 10.2. The van der Waals surface area contributed by atoms with E-state index < -0.39 is 0 Å². The third kappa shape index (κ3) is 5.61. The van der Waals surface area contributed by atoms with Gasteiger partial charge in [-0.2, -0.15) is 0 Å². The van der Waals surface area contributed by atoms with E-state index in [1.807, 2.05) is 6.92 Å². The predicted octanol–water partition coefficient (Wildman–Crippen LogP) is 4.46. The molecule has 8 heteroatoms. The van der Waals surface area contributed by atoms with E-state index in [9.17, 15) is 9.59 Å². The summed E-state index contributed by atoms with van der Waals surface area (Å²) >= 11 is 18.1. The molecule has 0 aliphatic carbocycles. The third-order valence-electron chi connectivity index (χ3n) is 3.60. The number of para-hydroxylation sites is 1. The number of anilines is 2. The molecule has 0 aliphatic rings. The van der Waals surface area contributed by atoms with E-state index in [-0.39, 0.29) is 24.9 Å². The van der Waals surface area contributed by atoms with Crippen molar-refractivity contribution in [3.8, 4) is 0 Å². The Balaban J connectivity index is 1.89. The predicted molar refractivity (Wildman–Crippen MR) is 107 cm³/mol. The molecule has 2 rings (SSSR count). The van der Waals surface area contributed by atoms with Crippen LogP contribution in [0.25, 0.3) is 0 Å². The fourth-order valence-electron chi connectivity index (χ4n) is 2.28. The monoisotopic (exact) mass is 413 g/mol. The molecule has 5 nitrogen and oxygen atoms in total. The molecule has 0 aliphatic heterocycles. The first kappa shape index (κ1) is 20.5. The molecular formula is C18H18Cl3N3O2. The molecule has 0 atom stereocenters. The number of rotatable bonds is 6. The number of hydrogen-bond acceptors (Lipinski definition) is 3. The second kappa shape index (κ2) is 9.24. The van der Waals surface area contributed by atoms with Gasteiger partial charge < -0.3 is 10.6 Å². The molecule has 0 saturated heterocycles. The summed E-state index contributed by atoms with van der Waals surface area (Å²) in [5.74, 6) is -0.573. The summed E-state index contributed by atoms with van der Waals surface area (Å²) in [6.07, 6.45) is 0. The van der Waals surface area contributed by atoms with Crippen LogP contribution in [0.3, 0.4) is 0 Å². The van der Waals surface area contributed by atoms with Gasteiger partial charge in [-0.15, -0.1) is 0 Å². The average Bonchev–Trinajstić information content (AvgIpc) is 2.55. The fraction of sp³-hybridized carbons (Fsp3) is 0.222. The Bertz CT molecular complexity index is 807. The molecule has 0 radical (unpaired) electrons. The van der Waals surface area contributed by atoms with Crippen LogP contribution in [0.2, 0.25) is 15.1 Å². The van der Waals surface area contributed by atoms with Crippen LogP contribution in [-0.2, 0) is 9.59 Å². The van der Waals surface area contributed by atoms with Crippen molar-refractivity contribution in [2.75, 3.05) is 30.8 Å². The highest BCUT2D eigenvalue weighted by atomic mass is 35.5. The summed E-state index contributed by atoms with van der Waals surface area (Å²) in [5, 5.41) is 6.71. The Morgan fingerprint density at radius 3 is 2.00 bits per heavy atom. The largest absolute Gasteiger partial charge is 0.325 e. The number of carbonyl (C=O) groups excluding carboxylic acids is 2. The van der Waals surface area contributed by atoms with Gasteiger partial charge in [0.2, 0.25) is 11.8 Å².